The van der Waals surface area contributed by atoms with Crippen molar-refractivity contribution in [1.29, 1.82) is 0 Å². The van der Waals surface area contributed by atoms with Gasteiger partial charge in [0.25, 0.3) is 11.8 Å². The molecule has 0 aliphatic rings. The minimum Gasteiger partial charge on any atom is -0.395 e. The number of rotatable bonds is 10. The SMILES string of the molecule is O=C(NCCCCCNC(=O)c1ccc([N+](=O)[O-])o1)c1ccc([N+](=O)[O-])o1. The van der Waals surface area contributed by atoms with Crippen molar-refractivity contribution in [2.45, 2.75) is 19.3 Å². The Hall–Kier alpha value is -3.70. The summed E-state index contributed by atoms with van der Waals surface area (Å²) in [7, 11) is 0. The largest absolute Gasteiger partial charge is 0.433 e. The van der Waals surface area contributed by atoms with Gasteiger partial charge in [-0.1, -0.05) is 0 Å². The molecule has 0 spiro atoms. The molecule has 2 aromatic rings. The Kier molecular flexibility index (Phi) is 6.63. The van der Waals surface area contributed by atoms with Crippen LogP contribution in [0.25, 0.3) is 0 Å². The molecule has 0 fully saturated rings. The van der Waals surface area contributed by atoms with Crippen LogP contribution in [0.4, 0.5) is 11.8 Å². The monoisotopic (exact) mass is 380 g/mol. The highest BCUT2D eigenvalue weighted by atomic mass is 16.7. The molecule has 0 aliphatic carbocycles. The minimum absolute atomic E-state index is 0.137. The van der Waals surface area contributed by atoms with Crippen LogP contribution in [-0.2, 0) is 0 Å². The lowest BCUT2D eigenvalue weighted by Gasteiger charge is -2.04. The number of carbonyl (C=O) groups is 2. The zero-order chi connectivity index (χ0) is 19.8. The fourth-order valence-electron chi connectivity index (χ4n) is 2.10. The zero-order valence-electron chi connectivity index (χ0n) is 14.0. The number of nitrogens with one attached hydrogen (secondary N) is 2. The summed E-state index contributed by atoms with van der Waals surface area (Å²) in [6, 6.07) is 4.65. The van der Waals surface area contributed by atoms with Crippen LogP contribution in [0.5, 0.6) is 0 Å². The van der Waals surface area contributed by atoms with Crippen molar-refractivity contribution >= 4 is 23.6 Å². The van der Waals surface area contributed by atoms with Gasteiger partial charge < -0.3 is 19.5 Å². The van der Waals surface area contributed by atoms with Crippen molar-refractivity contribution in [1.82, 2.24) is 10.6 Å². The van der Waals surface area contributed by atoms with Gasteiger partial charge in [0.2, 0.25) is 0 Å². The van der Waals surface area contributed by atoms with Gasteiger partial charge in [0.1, 0.15) is 9.85 Å². The van der Waals surface area contributed by atoms with Crippen LogP contribution in [0.2, 0.25) is 0 Å². The summed E-state index contributed by atoms with van der Waals surface area (Å²) >= 11 is 0. The van der Waals surface area contributed by atoms with E-state index in [1.165, 1.54) is 12.1 Å². The van der Waals surface area contributed by atoms with E-state index in [0.29, 0.717) is 32.4 Å². The molecule has 0 saturated carbocycles. The van der Waals surface area contributed by atoms with Crippen molar-refractivity contribution in [3.05, 3.63) is 56.0 Å². The third-order valence-corrected chi connectivity index (χ3v) is 3.42. The highest BCUT2D eigenvalue weighted by Crippen LogP contribution is 2.16. The van der Waals surface area contributed by atoms with Crippen LogP contribution < -0.4 is 10.6 Å². The smallest absolute Gasteiger partial charge is 0.395 e. The van der Waals surface area contributed by atoms with Crippen molar-refractivity contribution in [3.63, 3.8) is 0 Å². The lowest BCUT2D eigenvalue weighted by atomic mass is 10.2. The molecule has 0 radical (unpaired) electrons. The maximum absolute atomic E-state index is 11.7. The molecule has 0 atom stereocenters. The van der Waals surface area contributed by atoms with Gasteiger partial charge in [0, 0.05) is 13.1 Å². The number of nitro groups is 2. The summed E-state index contributed by atoms with van der Waals surface area (Å²) in [5.41, 5.74) is 0. The number of furan rings is 2. The Labute approximate surface area is 151 Å². The Morgan fingerprint density at radius 2 is 1.19 bits per heavy atom. The van der Waals surface area contributed by atoms with Crippen LogP contribution in [0, 0.1) is 20.2 Å². The molecule has 0 aliphatic heterocycles. The van der Waals surface area contributed by atoms with E-state index in [2.05, 4.69) is 10.6 Å². The lowest BCUT2D eigenvalue weighted by molar-refractivity contribution is -0.402. The average molecular weight is 380 g/mol. The molecule has 12 heteroatoms. The first-order chi connectivity index (χ1) is 12.9. The lowest BCUT2D eigenvalue weighted by Crippen LogP contribution is -2.25. The average Bonchev–Trinajstić information content (AvgIpc) is 3.30. The highest BCUT2D eigenvalue weighted by Gasteiger charge is 2.17. The highest BCUT2D eigenvalue weighted by molar-refractivity contribution is 5.92. The predicted octanol–water partition coefficient (Wildman–Crippen LogP) is 2.02. The Balaban J connectivity index is 1.58. The molecule has 2 heterocycles. The molecule has 0 saturated heterocycles. The standard InChI is InChI=1S/C15H16N4O8/c20-14(10-4-6-12(26-10)18(22)23)16-8-2-1-3-9-17-15(21)11-5-7-13(27-11)19(24)25/h4-7H,1-3,8-9H2,(H,16,20)(H,17,21). The second-order valence-electron chi connectivity index (χ2n) is 5.36. The van der Waals surface area contributed by atoms with Gasteiger partial charge in [-0.05, 0) is 31.4 Å². The van der Waals surface area contributed by atoms with Crippen molar-refractivity contribution in [2.24, 2.45) is 0 Å². The molecule has 0 aromatic carbocycles. The summed E-state index contributed by atoms with van der Waals surface area (Å²) in [6.07, 6.45) is 1.93. The summed E-state index contributed by atoms with van der Waals surface area (Å²) < 4.78 is 9.56. The third-order valence-electron chi connectivity index (χ3n) is 3.42. The number of unbranched alkanes of at least 4 members (excludes halogenated alkanes) is 2. The van der Waals surface area contributed by atoms with Crippen LogP contribution in [0.1, 0.15) is 40.4 Å². The van der Waals surface area contributed by atoms with E-state index in [0.717, 1.165) is 12.1 Å². The summed E-state index contributed by atoms with van der Waals surface area (Å²) in [5.74, 6) is -2.37. The zero-order valence-corrected chi connectivity index (χ0v) is 14.0. The first-order valence-corrected chi connectivity index (χ1v) is 7.93. The minimum atomic E-state index is -0.730. The van der Waals surface area contributed by atoms with Gasteiger partial charge in [-0.3, -0.25) is 29.8 Å². The molecule has 0 bridgehead atoms. The molecule has 2 aromatic heterocycles. The topological polar surface area (TPSA) is 171 Å². The molecule has 2 N–H and O–H groups in total. The fourth-order valence-corrected chi connectivity index (χ4v) is 2.10. The van der Waals surface area contributed by atoms with E-state index in [-0.39, 0.29) is 11.5 Å². The molecular formula is C15H16N4O8. The van der Waals surface area contributed by atoms with Crippen molar-refractivity contribution in [3.8, 4) is 0 Å². The Morgan fingerprint density at radius 3 is 1.52 bits per heavy atom. The second-order valence-corrected chi connectivity index (χ2v) is 5.36. The van der Waals surface area contributed by atoms with Crippen molar-refractivity contribution in [2.75, 3.05) is 13.1 Å². The fraction of sp³-hybridized carbons (Fsp3) is 0.333. The van der Waals surface area contributed by atoms with E-state index in [1.807, 2.05) is 0 Å². The molecule has 2 amide bonds. The maximum Gasteiger partial charge on any atom is 0.433 e. The third kappa shape index (κ3) is 5.66. The number of amides is 2. The first kappa shape index (κ1) is 19.6. The quantitative estimate of drug-likeness (QED) is 0.358. The first-order valence-electron chi connectivity index (χ1n) is 7.93. The second kappa shape index (κ2) is 9.12. The molecule has 144 valence electrons. The van der Waals surface area contributed by atoms with Gasteiger partial charge in [-0.15, -0.1) is 0 Å². The van der Waals surface area contributed by atoms with Gasteiger partial charge >= 0.3 is 11.8 Å². The summed E-state index contributed by atoms with van der Waals surface area (Å²) in [5, 5.41) is 26.1. The van der Waals surface area contributed by atoms with Gasteiger partial charge in [0.15, 0.2) is 11.5 Å². The maximum atomic E-state index is 11.7. The van der Waals surface area contributed by atoms with Gasteiger partial charge in [-0.25, -0.2) is 0 Å². The number of nitrogens with zero attached hydrogens (tertiary/aromatic N) is 2. The number of carbonyl (C=O) groups excluding carboxylic acids is 2. The number of hydrogen-bond acceptors (Lipinski definition) is 8. The van der Waals surface area contributed by atoms with Crippen molar-refractivity contribution < 1.29 is 28.3 Å². The van der Waals surface area contributed by atoms with Crippen LogP contribution in [0.3, 0.4) is 0 Å². The Bertz CT molecular complexity index is 772. The van der Waals surface area contributed by atoms with E-state index in [1.54, 1.807) is 0 Å². The van der Waals surface area contributed by atoms with Crippen LogP contribution in [-0.4, -0.2) is 34.8 Å². The molecular weight excluding hydrogens is 364 g/mol. The van der Waals surface area contributed by atoms with E-state index in [4.69, 9.17) is 8.83 Å². The summed E-state index contributed by atoms with van der Waals surface area (Å²) in [4.78, 5) is 42.9. The van der Waals surface area contributed by atoms with Gasteiger partial charge in [-0.2, -0.15) is 0 Å². The molecule has 27 heavy (non-hydrogen) atoms. The summed E-state index contributed by atoms with van der Waals surface area (Å²) in [6.45, 7) is 0.678. The predicted molar refractivity (Wildman–Crippen MR) is 89.2 cm³/mol. The van der Waals surface area contributed by atoms with E-state index in [9.17, 15) is 29.8 Å². The molecule has 12 nitrogen and oxygen atoms in total. The van der Waals surface area contributed by atoms with Crippen LogP contribution >= 0.6 is 0 Å². The van der Waals surface area contributed by atoms with Gasteiger partial charge in [0.05, 0.1) is 12.1 Å². The Morgan fingerprint density at radius 1 is 0.778 bits per heavy atom. The van der Waals surface area contributed by atoms with Crippen LogP contribution in [0.15, 0.2) is 33.1 Å². The number of hydrogen-bond donors (Lipinski definition) is 2. The normalized spacial score (nSPS) is 10.4. The van der Waals surface area contributed by atoms with E-state index < -0.39 is 33.4 Å². The molecule has 0 unspecified atom stereocenters. The van der Waals surface area contributed by atoms with E-state index >= 15 is 0 Å². The molecule has 2 rings (SSSR count).